The lowest BCUT2D eigenvalue weighted by atomic mass is 10.0. The van der Waals surface area contributed by atoms with Crippen LogP contribution in [0.3, 0.4) is 0 Å². The summed E-state index contributed by atoms with van der Waals surface area (Å²) in [7, 11) is 0. The maximum atomic E-state index is 12.1. The summed E-state index contributed by atoms with van der Waals surface area (Å²) in [6.45, 7) is 4.25. The molecule has 0 rings (SSSR count). The van der Waals surface area contributed by atoms with Crippen molar-refractivity contribution in [1.82, 2.24) is 5.32 Å². The van der Waals surface area contributed by atoms with Crippen LogP contribution in [0.2, 0.25) is 0 Å². The summed E-state index contributed by atoms with van der Waals surface area (Å²) in [6.07, 6.45) is 30.0. The molecule has 0 spiro atoms. The fraction of sp³-hybridized carbons (Fsp3) is 0.900. The number of carbonyl (C=O) groups is 1. The van der Waals surface area contributed by atoms with Crippen LogP contribution in [0.25, 0.3) is 0 Å². The number of aliphatic hydroxyl groups is 2. The Kier molecular flexibility index (Phi) is 26.0. The molecule has 2 unspecified atom stereocenters. The molecule has 0 aromatic rings. The molecule has 4 heteroatoms. The van der Waals surface area contributed by atoms with Gasteiger partial charge in [0.05, 0.1) is 18.8 Å². The maximum absolute atomic E-state index is 12.1. The highest BCUT2D eigenvalue weighted by Crippen LogP contribution is 2.13. The Hall–Kier alpha value is -0.870. The molecule has 0 saturated carbocycles. The van der Waals surface area contributed by atoms with Crippen molar-refractivity contribution < 1.29 is 15.0 Å². The first kappa shape index (κ1) is 33.1. The van der Waals surface area contributed by atoms with Crippen molar-refractivity contribution in [1.29, 1.82) is 0 Å². The van der Waals surface area contributed by atoms with Crippen LogP contribution in [0, 0.1) is 0 Å². The van der Waals surface area contributed by atoms with Crippen molar-refractivity contribution in [2.75, 3.05) is 6.61 Å². The topological polar surface area (TPSA) is 69.6 Å². The first-order valence-electron chi connectivity index (χ1n) is 14.9. The van der Waals surface area contributed by atoms with Gasteiger partial charge in [-0.1, -0.05) is 142 Å². The molecular formula is C30H59NO3. The van der Waals surface area contributed by atoms with Gasteiger partial charge in [0.25, 0.3) is 0 Å². The molecule has 34 heavy (non-hydrogen) atoms. The smallest absolute Gasteiger partial charge is 0.220 e. The van der Waals surface area contributed by atoms with E-state index in [1.54, 1.807) is 6.08 Å². The van der Waals surface area contributed by atoms with E-state index >= 15 is 0 Å². The molecule has 0 aliphatic carbocycles. The Labute approximate surface area is 212 Å². The van der Waals surface area contributed by atoms with E-state index < -0.39 is 12.1 Å². The summed E-state index contributed by atoms with van der Waals surface area (Å²) in [5.74, 6) is -0.0709. The molecule has 0 bridgehead atoms. The molecule has 0 saturated heterocycles. The normalized spacial score (nSPS) is 13.4. The first-order valence-corrected chi connectivity index (χ1v) is 14.9. The van der Waals surface area contributed by atoms with E-state index in [1.165, 1.54) is 109 Å². The predicted octanol–water partition coefficient (Wildman–Crippen LogP) is 8.00. The highest BCUT2D eigenvalue weighted by Gasteiger charge is 2.17. The molecule has 3 N–H and O–H groups in total. The van der Waals surface area contributed by atoms with Crippen LogP contribution < -0.4 is 5.32 Å². The van der Waals surface area contributed by atoms with E-state index in [4.69, 9.17) is 0 Å². The Morgan fingerprint density at radius 1 is 0.676 bits per heavy atom. The number of aliphatic hydroxyl groups excluding tert-OH is 2. The lowest BCUT2D eigenvalue weighted by Crippen LogP contribution is -2.45. The van der Waals surface area contributed by atoms with E-state index in [1.807, 2.05) is 6.08 Å². The first-order chi connectivity index (χ1) is 16.7. The Morgan fingerprint density at radius 3 is 1.53 bits per heavy atom. The minimum Gasteiger partial charge on any atom is -0.394 e. The standard InChI is InChI=1S/C30H59NO3/c1-3-5-7-9-11-13-14-15-16-17-18-19-21-23-25-29(33)28(27-32)31-30(34)26-24-22-20-12-10-8-6-4-2/h23,25,28-29,32-33H,3-22,24,26-27H2,1-2H3,(H,31,34)/b25-23+. The van der Waals surface area contributed by atoms with E-state index in [9.17, 15) is 15.0 Å². The molecule has 0 aliphatic rings. The number of allylic oxidation sites excluding steroid dienone is 1. The molecule has 2 atom stereocenters. The second-order valence-corrected chi connectivity index (χ2v) is 10.2. The molecule has 0 aromatic heterocycles. The van der Waals surface area contributed by atoms with Crippen LogP contribution >= 0.6 is 0 Å². The molecule has 0 heterocycles. The van der Waals surface area contributed by atoms with Gasteiger partial charge >= 0.3 is 0 Å². The zero-order valence-corrected chi connectivity index (χ0v) is 22.9. The largest absolute Gasteiger partial charge is 0.394 e. The average Bonchev–Trinajstić information content (AvgIpc) is 2.84. The van der Waals surface area contributed by atoms with Crippen LogP contribution in [0.5, 0.6) is 0 Å². The lowest BCUT2D eigenvalue weighted by Gasteiger charge is -2.20. The summed E-state index contributed by atoms with van der Waals surface area (Å²) in [5, 5.41) is 22.7. The number of rotatable bonds is 26. The summed E-state index contributed by atoms with van der Waals surface area (Å²) in [5.41, 5.74) is 0. The molecule has 0 radical (unpaired) electrons. The fourth-order valence-electron chi connectivity index (χ4n) is 4.41. The Bertz CT molecular complexity index is 452. The van der Waals surface area contributed by atoms with Gasteiger partial charge in [-0.3, -0.25) is 4.79 Å². The molecule has 1 amide bonds. The SMILES string of the molecule is CCCCCCCCCCCCCC/C=C/C(O)C(CO)NC(=O)CCCCCCCCCC. The number of nitrogens with one attached hydrogen (secondary N) is 1. The average molecular weight is 482 g/mol. The number of unbranched alkanes of at least 4 members (excludes halogenated alkanes) is 19. The van der Waals surface area contributed by atoms with Crippen molar-refractivity contribution >= 4 is 5.91 Å². The van der Waals surface area contributed by atoms with E-state index in [0.29, 0.717) is 6.42 Å². The summed E-state index contributed by atoms with van der Waals surface area (Å²) in [4.78, 5) is 12.1. The summed E-state index contributed by atoms with van der Waals surface area (Å²) < 4.78 is 0. The van der Waals surface area contributed by atoms with Crippen LogP contribution in [0.1, 0.15) is 155 Å². The van der Waals surface area contributed by atoms with Crippen molar-refractivity contribution in [3.8, 4) is 0 Å². The van der Waals surface area contributed by atoms with Crippen molar-refractivity contribution in [2.45, 2.75) is 167 Å². The molecule has 0 aliphatic heterocycles. The number of hydrogen-bond acceptors (Lipinski definition) is 3. The third-order valence-corrected chi connectivity index (χ3v) is 6.77. The summed E-state index contributed by atoms with van der Waals surface area (Å²) in [6, 6.07) is -0.611. The number of hydrogen-bond donors (Lipinski definition) is 3. The zero-order valence-electron chi connectivity index (χ0n) is 22.9. The lowest BCUT2D eigenvalue weighted by molar-refractivity contribution is -0.123. The molecular weight excluding hydrogens is 422 g/mol. The third kappa shape index (κ3) is 22.9. The minimum atomic E-state index is -0.829. The van der Waals surface area contributed by atoms with Gasteiger partial charge in [-0.2, -0.15) is 0 Å². The van der Waals surface area contributed by atoms with Gasteiger partial charge in [-0.15, -0.1) is 0 Å². The zero-order chi connectivity index (χ0) is 25.1. The second-order valence-electron chi connectivity index (χ2n) is 10.2. The van der Waals surface area contributed by atoms with E-state index in [-0.39, 0.29) is 12.5 Å². The van der Waals surface area contributed by atoms with Crippen molar-refractivity contribution in [3.63, 3.8) is 0 Å². The van der Waals surface area contributed by atoms with Crippen LogP contribution in [0.15, 0.2) is 12.2 Å². The third-order valence-electron chi connectivity index (χ3n) is 6.77. The summed E-state index contributed by atoms with van der Waals surface area (Å²) >= 11 is 0. The monoisotopic (exact) mass is 481 g/mol. The Morgan fingerprint density at radius 2 is 1.09 bits per heavy atom. The van der Waals surface area contributed by atoms with Crippen LogP contribution in [-0.2, 0) is 4.79 Å². The van der Waals surface area contributed by atoms with E-state index in [2.05, 4.69) is 19.2 Å². The highest BCUT2D eigenvalue weighted by molar-refractivity contribution is 5.76. The highest BCUT2D eigenvalue weighted by atomic mass is 16.3. The predicted molar refractivity (Wildman–Crippen MR) is 147 cm³/mol. The van der Waals surface area contributed by atoms with Gasteiger partial charge in [-0.25, -0.2) is 0 Å². The second kappa shape index (κ2) is 26.7. The fourth-order valence-corrected chi connectivity index (χ4v) is 4.41. The van der Waals surface area contributed by atoms with Crippen molar-refractivity contribution in [2.24, 2.45) is 0 Å². The maximum Gasteiger partial charge on any atom is 0.220 e. The van der Waals surface area contributed by atoms with Crippen LogP contribution in [0.4, 0.5) is 0 Å². The minimum absolute atomic E-state index is 0.0709. The van der Waals surface area contributed by atoms with Gasteiger partial charge < -0.3 is 15.5 Å². The van der Waals surface area contributed by atoms with Crippen molar-refractivity contribution in [3.05, 3.63) is 12.2 Å². The molecule has 4 nitrogen and oxygen atoms in total. The van der Waals surface area contributed by atoms with Gasteiger partial charge in [0, 0.05) is 6.42 Å². The molecule has 0 fully saturated rings. The van der Waals surface area contributed by atoms with E-state index in [0.717, 1.165) is 25.7 Å². The Balaban J connectivity index is 3.67. The van der Waals surface area contributed by atoms with Gasteiger partial charge in [0.1, 0.15) is 0 Å². The number of amides is 1. The van der Waals surface area contributed by atoms with Crippen LogP contribution in [-0.4, -0.2) is 34.9 Å². The quantitative estimate of drug-likeness (QED) is 0.0865. The molecule has 0 aromatic carbocycles. The molecule has 202 valence electrons. The van der Waals surface area contributed by atoms with Gasteiger partial charge in [0.15, 0.2) is 0 Å². The van der Waals surface area contributed by atoms with Gasteiger partial charge in [-0.05, 0) is 19.3 Å². The number of carbonyl (C=O) groups excluding carboxylic acids is 1. The van der Waals surface area contributed by atoms with Gasteiger partial charge in [0.2, 0.25) is 5.91 Å².